The SMILES string of the molecule is O=Cc1ccc(OCC2CC2)c2ccccc12. The summed E-state index contributed by atoms with van der Waals surface area (Å²) in [5, 5.41) is 1.99. The number of hydrogen-bond acceptors (Lipinski definition) is 2. The van der Waals surface area contributed by atoms with Gasteiger partial charge in [-0.2, -0.15) is 0 Å². The fourth-order valence-corrected chi connectivity index (χ4v) is 2.02. The smallest absolute Gasteiger partial charge is 0.150 e. The molecule has 2 heteroatoms. The maximum absolute atomic E-state index is 11.0. The lowest BCUT2D eigenvalue weighted by molar-refractivity contribution is 0.112. The summed E-state index contributed by atoms with van der Waals surface area (Å²) in [7, 11) is 0. The van der Waals surface area contributed by atoms with Gasteiger partial charge < -0.3 is 4.74 Å². The summed E-state index contributed by atoms with van der Waals surface area (Å²) in [6.45, 7) is 0.796. The summed E-state index contributed by atoms with van der Waals surface area (Å²) >= 11 is 0. The molecule has 2 aromatic carbocycles. The minimum Gasteiger partial charge on any atom is -0.493 e. The first kappa shape index (κ1) is 10.3. The Morgan fingerprint density at radius 3 is 2.59 bits per heavy atom. The van der Waals surface area contributed by atoms with Gasteiger partial charge in [0, 0.05) is 10.9 Å². The molecule has 0 radical (unpaired) electrons. The fourth-order valence-electron chi connectivity index (χ4n) is 2.02. The number of ether oxygens (including phenoxy) is 1. The molecule has 0 atom stereocenters. The largest absolute Gasteiger partial charge is 0.493 e. The van der Waals surface area contributed by atoms with Crippen molar-refractivity contribution < 1.29 is 9.53 Å². The van der Waals surface area contributed by atoms with Crippen LogP contribution < -0.4 is 4.74 Å². The normalized spacial score (nSPS) is 14.8. The van der Waals surface area contributed by atoms with Gasteiger partial charge in [-0.1, -0.05) is 24.3 Å². The molecule has 0 spiro atoms. The molecule has 1 fully saturated rings. The second-order valence-electron chi connectivity index (χ2n) is 4.57. The van der Waals surface area contributed by atoms with Gasteiger partial charge in [0.15, 0.2) is 6.29 Å². The number of benzene rings is 2. The average molecular weight is 226 g/mol. The Bertz CT molecular complexity index is 556. The summed E-state index contributed by atoms with van der Waals surface area (Å²) in [6, 6.07) is 11.6. The predicted molar refractivity (Wildman–Crippen MR) is 67.6 cm³/mol. The molecule has 0 bridgehead atoms. The van der Waals surface area contributed by atoms with Crippen molar-refractivity contribution in [2.24, 2.45) is 5.92 Å². The molecule has 3 rings (SSSR count). The Morgan fingerprint density at radius 1 is 1.12 bits per heavy atom. The van der Waals surface area contributed by atoms with Crippen LogP contribution in [0.2, 0.25) is 0 Å². The van der Waals surface area contributed by atoms with E-state index in [0.717, 1.165) is 40.9 Å². The zero-order valence-electron chi connectivity index (χ0n) is 9.56. The summed E-state index contributed by atoms with van der Waals surface area (Å²) in [5.74, 6) is 1.62. The number of hydrogen-bond donors (Lipinski definition) is 0. The Morgan fingerprint density at radius 2 is 1.88 bits per heavy atom. The quantitative estimate of drug-likeness (QED) is 0.746. The van der Waals surface area contributed by atoms with E-state index in [-0.39, 0.29) is 0 Å². The van der Waals surface area contributed by atoms with E-state index in [1.165, 1.54) is 12.8 Å². The molecule has 2 nitrogen and oxygen atoms in total. The maximum atomic E-state index is 11.0. The van der Waals surface area contributed by atoms with Gasteiger partial charge in [-0.05, 0) is 36.3 Å². The summed E-state index contributed by atoms with van der Waals surface area (Å²) in [5.41, 5.74) is 0.722. The highest BCUT2D eigenvalue weighted by Crippen LogP contribution is 2.32. The highest BCUT2D eigenvalue weighted by Gasteiger charge is 2.22. The third-order valence-electron chi connectivity index (χ3n) is 3.22. The van der Waals surface area contributed by atoms with Gasteiger partial charge in [0.2, 0.25) is 0 Å². The molecule has 2 aromatic rings. The summed E-state index contributed by atoms with van der Waals surface area (Å²) in [6.07, 6.45) is 3.46. The lowest BCUT2D eigenvalue weighted by Gasteiger charge is -2.09. The Hall–Kier alpha value is -1.83. The van der Waals surface area contributed by atoms with Crippen molar-refractivity contribution in [3.63, 3.8) is 0 Å². The zero-order valence-corrected chi connectivity index (χ0v) is 9.56. The van der Waals surface area contributed by atoms with Crippen LogP contribution in [0, 0.1) is 5.92 Å². The van der Waals surface area contributed by atoms with Crippen LogP contribution in [0.5, 0.6) is 5.75 Å². The maximum Gasteiger partial charge on any atom is 0.150 e. The average Bonchev–Trinajstić information content (AvgIpc) is 3.20. The third-order valence-corrected chi connectivity index (χ3v) is 3.22. The van der Waals surface area contributed by atoms with Crippen LogP contribution in [0.3, 0.4) is 0 Å². The molecule has 1 aliphatic rings. The molecule has 1 saturated carbocycles. The second kappa shape index (κ2) is 4.21. The van der Waals surface area contributed by atoms with Gasteiger partial charge in [0.25, 0.3) is 0 Å². The number of fused-ring (bicyclic) bond motifs is 1. The molecule has 0 amide bonds. The molecule has 0 N–H and O–H groups in total. The molecule has 0 saturated heterocycles. The van der Waals surface area contributed by atoms with Crippen LogP contribution in [0.1, 0.15) is 23.2 Å². The van der Waals surface area contributed by atoms with Crippen molar-refractivity contribution in [2.75, 3.05) is 6.61 Å². The second-order valence-corrected chi connectivity index (χ2v) is 4.57. The van der Waals surface area contributed by atoms with Gasteiger partial charge in [0.05, 0.1) is 6.61 Å². The molecule has 86 valence electrons. The lowest BCUT2D eigenvalue weighted by atomic mass is 10.0. The first-order valence-corrected chi connectivity index (χ1v) is 5.98. The zero-order chi connectivity index (χ0) is 11.7. The summed E-state index contributed by atoms with van der Waals surface area (Å²) in [4.78, 5) is 11.0. The fraction of sp³-hybridized carbons (Fsp3) is 0.267. The Kier molecular flexibility index (Phi) is 2.56. The van der Waals surface area contributed by atoms with E-state index >= 15 is 0 Å². The monoisotopic (exact) mass is 226 g/mol. The predicted octanol–water partition coefficient (Wildman–Crippen LogP) is 3.44. The molecule has 0 aromatic heterocycles. The van der Waals surface area contributed by atoms with E-state index in [0.29, 0.717) is 0 Å². The van der Waals surface area contributed by atoms with E-state index in [1.54, 1.807) is 0 Å². The lowest BCUT2D eigenvalue weighted by Crippen LogP contribution is -2.00. The van der Waals surface area contributed by atoms with Gasteiger partial charge in [-0.15, -0.1) is 0 Å². The van der Waals surface area contributed by atoms with Crippen LogP contribution in [0.4, 0.5) is 0 Å². The molecule has 0 unspecified atom stereocenters. The van der Waals surface area contributed by atoms with Crippen molar-refractivity contribution in [2.45, 2.75) is 12.8 Å². The number of rotatable bonds is 4. The number of carbonyl (C=O) groups is 1. The van der Waals surface area contributed by atoms with Crippen LogP contribution in [0.25, 0.3) is 10.8 Å². The minimum atomic E-state index is 0.722. The highest BCUT2D eigenvalue weighted by atomic mass is 16.5. The van der Waals surface area contributed by atoms with Crippen molar-refractivity contribution in [3.8, 4) is 5.75 Å². The van der Waals surface area contributed by atoms with E-state index < -0.39 is 0 Å². The topological polar surface area (TPSA) is 26.3 Å². The molecule has 1 aliphatic carbocycles. The Balaban J connectivity index is 2.02. The van der Waals surface area contributed by atoms with E-state index in [1.807, 2.05) is 36.4 Å². The van der Waals surface area contributed by atoms with Crippen molar-refractivity contribution in [1.82, 2.24) is 0 Å². The number of carbonyl (C=O) groups excluding carboxylic acids is 1. The molecule has 17 heavy (non-hydrogen) atoms. The molecular formula is C15H14O2. The van der Waals surface area contributed by atoms with Crippen molar-refractivity contribution in [3.05, 3.63) is 42.0 Å². The first-order chi connectivity index (χ1) is 8.38. The van der Waals surface area contributed by atoms with Crippen LogP contribution >= 0.6 is 0 Å². The van der Waals surface area contributed by atoms with E-state index in [4.69, 9.17) is 4.74 Å². The molecule has 0 aliphatic heterocycles. The summed E-state index contributed by atoms with van der Waals surface area (Å²) < 4.78 is 5.83. The van der Waals surface area contributed by atoms with Gasteiger partial charge in [0.1, 0.15) is 5.75 Å². The van der Waals surface area contributed by atoms with Gasteiger partial charge in [-0.3, -0.25) is 4.79 Å². The highest BCUT2D eigenvalue weighted by molar-refractivity contribution is 6.00. The standard InChI is InChI=1S/C15H14O2/c16-9-12-7-8-15(17-10-11-5-6-11)14-4-2-1-3-13(12)14/h1-4,7-9,11H,5-6,10H2. The van der Waals surface area contributed by atoms with Gasteiger partial charge >= 0.3 is 0 Å². The van der Waals surface area contributed by atoms with Gasteiger partial charge in [-0.25, -0.2) is 0 Å². The van der Waals surface area contributed by atoms with E-state index in [2.05, 4.69) is 0 Å². The number of aldehydes is 1. The van der Waals surface area contributed by atoms with Crippen molar-refractivity contribution >= 4 is 17.1 Å². The van der Waals surface area contributed by atoms with Crippen LogP contribution in [-0.2, 0) is 0 Å². The first-order valence-electron chi connectivity index (χ1n) is 5.98. The molecular weight excluding hydrogens is 212 g/mol. The third kappa shape index (κ3) is 2.03. The van der Waals surface area contributed by atoms with Crippen molar-refractivity contribution in [1.29, 1.82) is 0 Å². The Labute approximate surface area is 100 Å². The minimum absolute atomic E-state index is 0.722. The molecule has 0 heterocycles. The van der Waals surface area contributed by atoms with E-state index in [9.17, 15) is 4.79 Å². The van der Waals surface area contributed by atoms with Crippen LogP contribution in [-0.4, -0.2) is 12.9 Å². The van der Waals surface area contributed by atoms with Crippen LogP contribution in [0.15, 0.2) is 36.4 Å².